The average Bonchev–Trinajstić information content (AvgIpc) is 2.99. The zero-order valence-corrected chi connectivity index (χ0v) is 11.2. The smallest absolute Gasteiger partial charge is 0.330 e. The molecule has 0 unspecified atom stereocenters. The summed E-state index contributed by atoms with van der Waals surface area (Å²) in [6.45, 7) is -1.87. The fourth-order valence-electron chi connectivity index (χ4n) is 1.32. The molecule has 0 atom stereocenters. The van der Waals surface area contributed by atoms with E-state index in [1.54, 1.807) is 5.38 Å². The summed E-state index contributed by atoms with van der Waals surface area (Å²) in [7, 11) is 0. The molecule has 0 amide bonds. The van der Waals surface area contributed by atoms with Crippen LogP contribution < -0.4 is 5.73 Å². The topological polar surface area (TPSA) is 87.1 Å². The lowest BCUT2D eigenvalue weighted by atomic mass is 10.3. The molecule has 6 nitrogen and oxygen atoms in total. The van der Waals surface area contributed by atoms with Gasteiger partial charge in [-0.15, -0.1) is 11.3 Å². The van der Waals surface area contributed by atoms with E-state index in [9.17, 15) is 17.6 Å². The van der Waals surface area contributed by atoms with Crippen molar-refractivity contribution in [3.63, 3.8) is 0 Å². The number of nitrogen functional groups attached to an aromatic ring is 1. The highest BCUT2D eigenvalue weighted by Gasteiger charge is 2.41. The van der Waals surface area contributed by atoms with Gasteiger partial charge in [0.1, 0.15) is 13.2 Å². The highest BCUT2D eigenvalue weighted by Crippen LogP contribution is 2.23. The van der Waals surface area contributed by atoms with Crippen LogP contribution in [0.3, 0.4) is 0 Å². The van der Waals surface area contributed by atoms with Crippen LogP contribution in [0.4, 0.5) is 22.7 Å². The minimum Gasteiger partial charge on any atom is -0.375 e. The van der Waals surface area contributed by atoms with Crippen molar-refractivity contribution in [2.75, 3.05) is 12.3 Å². The molecule has 2 aromatic heterocycles. The minimum atomic E-state index is -4.20. The zero-order valence-electron chi connectivity index (χ0n) is 10.4. The van der Waals surface area contributed by atoms with Crippen LogP contribution in [0, 0.1) is 0 Å². The van der Waals surface area contributed by atoms with E-state index in [2.05, 4.69) is 19.9 Å². The van der Waals surface area contributed by atoms with Gasteiger partial charge in [-0.1, -0.05) is 5.16 Å². The molecular weight excluding hydrogens is 316 g/mol. The van der Waals surface area contributed by atoms with E-state index in [1.807, 2.05) is 0 Å². The molecule has 0 saturated heterocycles. The number of alkyl halides is 4. The van der Waals surface area contributed by atoms with Crippen molar-refractivity contribution in [3.05, 3.63) is 22.8 Å². The van der Waals surface area contributed by atoms with Crippen molar-refractivity contribution < 1.29 is 26.8 Å². The summed E-state index contributed by atoms with van der Waals surface area (Å²) < 4.78 is 58.3. The second-order valence-corrected chi connectivity index (χ2v) is 4.90. The first kappa shape index (κ1) is 15.6. The molecule has 21 heavy (non-hydrogen) atoms. The van der Waals surface area contributed by atoms with E-state index in [0.717, 1.165) is 0 Å². The van der Waals surface area contributed by atoms with Gasteiger partial charge in [-0.25, -0.2) is 13.8 Å². The average molecular weight is 326 g/mol. The summed E-state index contributed by atoms with van der Waals surface area (Å²) in [5, 5.41) is 5.58. The van der Waals surface area contributed by atoms with Crippen LogP contribution in [0.1, 0.15) is 17.4 Å². The minimum absolute atomic E-state index is 0.0155. The Balaban J connectivity index is 1.83. The molecule has 0 spiro atoms. The van der Waals surface area contributed by atoms with Crippen LogP contribution >= 0.6 is 11.3 Å². The van der Waals surface area contributed by atoms with Crippen molar-refractivity contribution in [2.24, 2.45) is 0 Å². The van der Waals surface area contributed by atoms with Crippen LogP contribution in [0.15, 0.2) is 9.90 Å². The summed E-state index contributed by atoms with van der Waals surface area (Å²) in [6.07, 6.45) is -3.55. The van der Waals surface area contributed by atoms with Gasteiger partial charge < -0.3 is 15.0 Å². The number of hydrogen-bond acceptors (Lipinski definition) is 7. The third-order valence-corrected chi connectivity index (χ3v) is 2.98. The molecule has 0 aliphatic carbocycles. The second-order valence-electron chi connectivity index (χ2n) is 4.01. The summed E-state index contributed by atoms with van der Waals surface area (Å²) >= 11 is 1.25. The lowest BCUT2D eigenvalue weighted by Crippen LogP contribution is -2.32. The molecule has 0 aromatic carbocycles. The fourth-order valence-corrected chi connectivity index (χ4v) is 1.88. The monoisotopic (exact) mass is 326 g/mol. The van der Waals surface area contributed by atoms with Gasteiger partial charge in [-0.05, 0) is 0 Å². The molecule has 0 radical (unpaired) electrons. The van der Waals surface area contributed by atoms with Crippen LogP contribution in [0.2, 0.25) is 0 Å². The van der Waals surface area contributed by atoms with Crippen LogP contribution in [0.25, 0.3) is 0 Å². The second kappa shape index (κ2) is 6.35. The number of ether oxygens (including phenoxy) is 1. The molecule has 116 valence electrons. The van der Waals surface area contributed by atoms with Gasteiger partial charge in [0.2, 0.25) is 5.89 Å². The number of anilines is 1. The number of nitrogens with zero attached hydrogens (tertiary/aromatic N) is 3. The van der Waals surface area contributed by atoms with Gasteiger partial charge in [0.05, 0.1) is 12.1 Å². The Morgan fingerprint density at radius 1 is 1.38 bits per heavy atom. The number of rotatable bonds is 7. The predicted molar refractivity (Wildman–Crippen MR) is 64.2 cm³/mol. The van der Waals surface area contributed by atoms with Gasteiger partial charge in [0.25, 0.3) is 0 Å². The number of hydrogen-bond donors (Lipinski definition) is 1. The predicted octanol–water partition coefficient (Wildman–Crippen LogP) is 2.12. The highest BCUT2D eigenvalue weighted by molar-refractivity contribution is 7.13. The molecule has 11 heteroatoms. The molecule has 0 bridgehead atoms. The molecule has 2 N–H and O–H groups in total. The van der Waals surface area contributed by atoms with Crippen molar-refractivity contribution in [1.29, 1.82) is 0 Å². The van der Waals surface area contributed by atoms with E-state index >= 15 is 0 Å². The first-order chi connectivity index (χ1) is 9.87. The molecule has 2 heterocycles. The zero-order chi connectivity index (χ0) is 15.5. The van der Waals surface area contributed by atoms with Crippen molar-refractivity contribution >= 4 is 16.5 Å². The molecule has 2 aromatic rings. The van der Waals surface area contributed by atoms with Gasteiger partial charge in [-0.3, -0.25) is 0 Å². The first-order valence-corrected chi connectivity index (χ1v) is 6.50. The summed E-state index contributed by atoms with van der Waals surface area (Å²) in [6, 6.07) is 0. The van der Waals surface area contributed by atoms with E-state index in [4.69, 9.17) is 10.3 Å². The molecular formula is C10H10F4N4O2S. The first-order valence-electron chi connectivity index (χ1n) is 5.62. The maximum absolute atomic E-state index is 12.6. The number of halogens is 4. The van der Waals surface area contributed by atoms with Gasteiger partial charge in [-0.2, -0.15) is 13.8 Å². The molecule has 0 aliphatic rings. The lowest BCUT2D eigenvalue weighted by molar-refractivity contribution is -0.168. The largest absolute Gasteiger partial charge is 0.375 e. The highest BCUT2D eigenvalue weighted by atomic mass is 32.1. The van der Waals surface area contributed by atoms with Crippen molar-refractivity contribution in [2.45, 2.75) is 25.4 Å². The standard InChI is InChI=1S/C10H10F4N4O2S/c11-8(12)10(13,14)4-19-2-6-17-7(20-18-6)1-5-3-21-9(15)16-5/h3,8H,1-2,4H2,(H2,15,16). The molecule has 2 rings (SSSR count). The van der Waals surface area contributed by atoms with Gasteiger partial charge in [0, 0.05) is 5.38 Å². The lowest BCUT2D eigenvalue weighted by Gasteiger charge is -2.14. The fraction of sp³-hybridized carbons (Fsp3) is 0.500. The normalized spacial score (nSPS) is 12.2. The number of nitrogens with two attached hydrogens (primary N) is 1. The molecule has 0 saturated carbocycles. The van der Waals surface area contributed by atoms with Crippen molar-refractivity contribution in [1.82, 2.24) is 15.1 Å². The van der Waals surface area contributed by atoms with E-state index in [-0.39, 0.29) is 18.1 Å². The van der Waals surface area contributed by atoms with Crippen LogP contribution in [-0.2, 0) is 17.8 Å². The Hall–Kier alpha value is -1.75. The quantitative estimate of drug-likeness (QED) is 0.784. The molecule has 0 fully saturated rings. The Bertz CT molecular complexity index is 589. The Morgan fingerprint density at radius 3 is 2.76 bits per heavy atom. The third-order valence-electron chi connectivity index (χ3n) is 2.26. The van der Waals surface area contributed by atoms with Crippen LogP contribution in [-0.4, -0.2) is 34.1 Å². The van der Waals surface area contributed by atoms with E-state index < -0.39 is 25.6 Å². The number of thiazole rings is 1. The summed E-state index contributed by atoms with van der Waals surface area (Å²) in [5.41, 5.74) is 6.08. The maximum Gasteiger partial charge on any atom is 0.330 e. The third kappa shape index (κ3) is 4.36. The van der Waals surface area contributed by atoms with E-state index in [1.165, 1.54) is 11.3 Å². The van der Waals surface area contributed by atoms with Gasteiger partial charge in [0.15, 0.2) is 11.0 Å². The Labute approximate surface area is 119 Å². The SMILES string of the molecule is Nc1nc(Cc2nc(COCC(F)(F)C(F)F)no2)cs1. The van der Waals surface area contributed by atoms with E-state index in [0.29, 0.717) is 10.8 Å². The number of aromatic nitrogens is 3. The molecule has 0 aliphatic heterocycles. The van der Waals surface area contributed by atoms with Crippen molar-refractivity contribution in [3.8, 4) is 0 Å². The van der Waals surface area contributed by atoms with Crippen LogP contribution in [0.5, 0.6) is 0 Å². The summed E-state index contributed by atoms with van der Waals surface area (Å²) in [5.74, 6) is -4.03. The van der Waals surface area contributed by atoms with Gasteiger partial charge >= 0.3 is 12.3 Å². The summed E-state index contributed by atoms with van der Waals surface area (Å²) in [4.78, 5) is 7.85. The Morgan fingerprint density at radius 2 is 2.14 bits per heavy atom. The maximum atomic E-state index is 12.6. The Kier molecular flexibility index (Phi) is 4.73.